The first-order valence-corrected chi connectivity index (χ1v) is 6.02. The summed E-state index contributed by atoms with van der Waals surface area (Å²) in [5.41, 5.74) is 0. The zero-order valence-electron chi connectivity index (χ0n) is 9.70. The maximum atomic E-state index is 5.74. The summed E-state index contributed by atoms with van der Waals surface area (Å²) >= 11 is 0. The summed E-state index contributed by atoms with van der Waals surface area (Å²) in [6, 6.07) is 0.837. The topological polar surface area (TPSA) is 12.5 Å². The predicted molar refractivity (Wildman–Crippen MR) is 58.3 cm³/mol. The molecule has 3 atom stereocenters. The van der Waals surface area contributed by atoms with Crippen molar-refractivity contribution in [2.45, 2.75) is 45.8 Å². The first-order valence-electron chi connectivity index (χ1n) is 6.02. The highest BCUT2D eigenvalue weighted by Gasteiger charge is 2.39. The minimum Gasteiger partial charge on any atom is -0.378 e. The fraction of sp³-hybridized carbons (Fsp3) is 1.00. The van der Waals surface area contributed by atoms with E-state index in [0.29, 0.717) is 6.10 Å². The lowest BCUT2D eigenvalue weighted by Gasteiger charge is -2.21. The van der Waals surface area contributed by atoms with E-state index >= 15 is 0 Å². The summed E-state index contributed by atoms with van der Waals surface area (Å²) in [4.78, 5) is 2.67. The van der Waals surface area contributed by atoms with Crippen LogP contribution in [0, 0.1) is 11.8 Å². The lowest BCUT2D eigenvalue weighted by molar-refractivity contribution is 0.0438. The molecule has 2 heterocycles. The molecule has 0 spiro atoms. The van der Waals surface area contributed by atoms with E-state index in [-0.39, 0.29) is 0 Å². The zero-order chi connectivity index (χ0) is 10.1. The van der Waals surface area contributed by atoms with Crippen molar-refractivity contribution in [2.24, 2.45) is 11.8 Å². The molecule has 0 saturated carbocycles. The van der Waals surface area contributed by atoms with Gasteiger partial charge >= 0.3 is 0 Å². The SMILES string of the molecule is CC1CC2C(COC(C)C)CCN2C1. The highest BCUT2D eigenvalue weighted by Crippen LogP contribution is 2.35. The largest absolute Gasteiger partial charge is 0.378 e. The number of ether oxygens (including phenoxy) is 1. The molecule has 0 amide bonds. The van der Waals surface area contributed by atoms with Crippen LogP contribution in [0.5, 0.6) is 0 Å². The van der Waals surface area contributed by atoms with Crippen LogP contribution in [0.25, 0.3) is 0 Å². The van der Waals surface area contributed by atoms with Crippen LogP contribution in [-0.4, -0.2) is 36.7 Å². The standard InChI is InChI=1S/C12H23NO/c1-9(2)14-8-11-4-5-13-7-10(3)6-12(11)13/h9-12H,4-8H2,1-3H3. The van der Waals surface area contributed by atoms with Gasteiger partial charge in [-0.15, -0.1) is 0 Å². The third-order valence-electron chi connectivity index (χ3n) is 3.63. The van der Waals surface area contributed by atoms with E-state index in [1.165, 1.54) is 25.9 Å². The highest BCUT2D eigenvalue weighted by atomic mass is 16.5. The lowest BCUT2D eigenvalue weighted by atomic mass is 9.96. The van der Waals surface area contributed by atoms with Crippen LogP contribution in [0.15, 0.2) is 0 Å². The second kappa shape index (κ2) is 4.19. The summed E-state index contributed by atoms with van der Waals surface area (Å²) in [6.07, 6.45) is 3.14. The average molecular weight is 197 g/mol. The third-order valence-corrected chi connectivity index (χ3v) is 3.63. The molecule has 2 saturated heterocycles. The molecule has 0 aromatic carbocycles. The summed E-state index contributed by atoms with van der Waals surface area (Å²) < 4.78 is 5.74. The smallest absolute Gasteiger partial charge is 0.0519 e. The number of rotatable bonds is 3. The van der Waals surface area contributed by atoms with Crippen molar-refractivity contribution in [2.75, 3.05) is 19.7 Å². The van der Waals surface area contributed by atoms with Crippen molar-refractivity contribution in [1.82, 2.24) is 4.90 Å². The fourth-order valence-corrected chi connectivity index (χ4v) is 2.95. The molecule has 2 aliphatic rings. The molecule has 0 N–H and O–H groups in total. The van der Waals surface area contributed by atoms with Gasteiger partial charge in [0.2, 0.25) is 0 Å². The summed E-state index contributed by atoms with van der Waals surface area (Å²) in [5, 5.41) is 0. The summed E-state index contributed by atoms with van der Waals surface area (Å²) in [6.45, 7) is 10.2. The quantitative estimate of drug-likeness (QED) is 0.687. The molecule has 0 aromatic rings. The predicted octanol–water partition coefficient (Wildman–Crippen LogP) is 2.14. The zero-order valence-corrected chi connectivity index (χ0v) is 9.70. The van der Waals surface area contributed by atoms with E-state index in [9.17, 15) is 0 Å². The van der Waals surface area contributed by atoms with Crippen LogP contribution >= 0.6 is 0 Å². The first kappa shape index (κ1) is 10.4. The van der Waals surface area contributed by atoms with E-state index in [0.717, 1.165) is 24.5 Å². The van der Waals surface area contributed by atoms with Crippen LogP contribution in [-0.2, 0) is 4.74 Å². The van der Waals surface area contributed by atoms with Crippen LogP contribution in [0.2, 0.25) is 0 Å². The Morgan fingerprint density at radius 3 is 2.93 bits per heavy atom. The number of hydrogen-bond donors (Lipinski definition) is 0. The molecule has 3 unspecified atom stereocenters. The van der Waals surface area contributed by atoms with Gasteiger partial charge in [0.05, 0.1) is 12.7 Å². The monoisotopic (exact) mass is 197 g/mol. The van der Waals surface area contributed by atoms with Crippen molar-refractivity contribution >= 4 is 0 Å². The van der Waals surface area contributed by atoms with Crippen molar-refractivity contribution in [3.63, 3.8) is 0 Å². The molecule has 2 rings (SSSR count). The minimum atomic E-state index is 0.392. The Kier molecular flexibility index (Phi) is 3.13. The molecule has 82 valence electrons. The van der Waals surface area contributed by atoms with Gasteiger partial charge in [0.25, 0.3) is 0 Å². The first-order chi connectivity index (χ1) is 6.66. The Balaban J connectivity index is 1.83. The second-order valence-electron chi connectivity index (χ2n) is 5.33. The maximum Gasteiger partial charge on any atom is 0.0519 e. The Hall–Kier alpha value is -0.0800. The van der Waals surface area contributed by atoms with Crippen molar-refractivity contribution in [3.05, 3.63) is 0 Å². The van der Waals surface area contributed by atoms with Gasteiger partial charge in [0.1, 0.15) is 0 Å². The van der Waals surface area contributed by atoms with Crippen LogP contribution in [0.3, 0.4) is 0 Å². The van der Waals surface area contributed by atoms with E-state index in [1.54, 1.807) is 0 Å². The number of hydrogen-bond acceptors (Lipinski definition) is 2. The molecular weight excluding hydrogens is 174 g/mol. The van der Waals surface area contributed by atoms with Crippen molar-refractivity contribution < 1.29 is 4.74 Å². The molecule has 2 heteroatoms. The average Bonchev–Trinajstić information content (AvgIpc) is 2.60. The van der Waals surface area contributed by atoms with E-state index < -0.39 is 0 Å². The van der Waals surface area contributed by atoms with Gasteiger partial charge in [0.15, 0.2) is 0 Å². The summed E-state index contributed by atoms with van der Waals surface area (Å²) in [5.74, 6) is 1.71. The van der Waals surface area contributed by atoms with Gasteiger partial charge in [0, 0.05) is 12.6 Å². The van der Waals surface area contributed by atoms with Crippen molar-refractivity contribution in [3.8, 4) is 0 Å². The lowest BCUT2D eigenvalue weighted by Crippen LogP contribution is -2.28. The van der Waals surface area contributed by atoms with Crippen LogP contribution < -0.4 is 0 Å². The number of fused-ring (bicyclic) bond motifs is 1. The molecule has 0 bridgehead atoms. The van der Waals surface area contributed by atoms with Gasteiger partial charge in [-0.25, -0.2) is 0 Å². The Morgan fingerprint density at radius 1 is 1.43 bits per heavy atom. The molecular formula is C12H23NO. The minimum absolute atomic E-state index is 0.392. The van der Waals surface area contributed by atoms with Gasteiger partial charge in [-0.05, 0) is 45.1 Å². The fourth-order valence-electron chi connectivity index (χ4n) is 2.95. The van der Waals surface area contributed by atoms with Gasteiger partial charge in [-0.3, -0.25) is 4.90 Å². The highest BCUT2D eigenvalue weighted by molar-refractivity contribution is 4.93. The third kappa shape index (κ3) is 2.12. The molecule has 0 aliphatic carbocycles. The normalized spacial score (nSPS) is 38.1. The Labute approximate surface area is 87.6 Å². The molecule has 2 nitrogen and oxygen atoms in total. The molecule has 0 aromatic heterocycles. The molecule has 14 heavy (non-hydrogen) atoms. The van der Waals surface area contributed by atoms with Crippen molar-refractivity contribution in [1.29, 1.82) is 0 Å². The molecule has 0 radical (unpaired) electrons. The van der Waals surface area contributed by atoms with E-state index in [4.69, 9.17) is 4.74 Å². The maximum absolute atomic E-state index is 5.74. The van der Waals surface area contributed by atoms with Gasteiger partial charge < -0.3 is 4.74 Å². The van der Waals surface area contributed by atoms with Gasteiger partial charge in [-0.1, -0.05) is 6.92 Å². The van der Waals surface area contributed by atoms with Crippen LogP contribution in [0.1, 0.15) is 33.6 Å². The molecule has 2 fully saturated rings. The van der Waals surface area contributed by atoms with Crippen LogP contribution in [0.4, 0.5) is 0 Å². The second-order valence-corrected chi connectivity index (χ2v) is 5.33. The molecule has 2 aliphatic heterocycles. The Bertz CT molecular complexity index is 193. The Morgan fingerprint density at radius 2 is 2.21 bits per heavy atom. The van der Waals surface area contributed by atoms with E-state index in [2.05, 4.69) is 25.7 Å². The number of nitrogens with zero attached hydrogens (tertiary/aromatic N) is 1. The van der Waals surface area contributed by atoms with E-state index in [1.807, 2.05) is 0 Å². The van der Waals surface area contributed by atoms with Gasteiger partial charge in [-0.2, -0.15) is 0 Å². The summed E-state index contributed by atoms with van der Waals surface area (Å²) in [7, 11) is 0.